The van der Waals surface area contributed by atoms with Gasteiger partial charge in [-0.25, -0.2) is 9.97 Å². The Labute approximate surface area is 175 Å². The van der Waals surface area contributed by atoms with E-state index in [9.17, 15) is 10.1 Å². The average Bonchev–Trinajstić information content (AvgIpc) is 3.40. The van der Waals surface area contributed by atoms with Crippen LogP contribution in [0, 0.1) is 10.1 Å². The predicted molar refractivity (Wildman–Crippen MR) is 117 cm³/mol. The number of nitro groups is 1. The normalized spacial score (nSPS) is 13.5. The molecule has 0 saturated heterocycles. The van der Waals surface area contributed by atoms with Gasteiger partial charge >= 0.3 is 5.69 Å². The van der Waals surface area contributed by atoms with Crippen molar-refractivity contribution in [2.24, 2.45) is 0 Å². The molecular formula is C25H21N3O2. The van der Waals surface area contributed by atoms with E-state index in [4.69, 9.17) is 0 Å². The van der Waals surface area contributed by atoms with Crippen LogP contribution in [0.4, 0.5) is 5.69 Å². The number of hydrogen-bond donors (Lipinski definition) is 0. The molecule has 1 heterocycles. The van der Waals surface area contributed by atoms with Gasteiger partial charge in [-0.1, -0.05) is 60.7 Å². The molecule has 2 aliphatic rings. The minimum absolute atomic E-state index is 0.00189. The molecule has 0 N–H and O–H groups in total. The Morgan fingerprint density at radius 2 is 1.70 bits per heavy atom. The Hall–Kier alpha value is -3.60. The summed E-state index contributed by atoms with van der Waals surface area (Å²) in [5.41, 5.74) is 7.94. The van der Waals surface area contributed by atoms with Crippen LogP contribution in [0.15, 0.2) is 54.7 Å². The summed E-state index contributed by atoms with van der Waals surface area (Å²) in [4.78, 5) is 20.0. The molecule has 3 aromatic rings. The summed E-state index contributed by atoms with van der Waals surface area (Å²) in [5, 5.41) is 11.5. The fraction of sp³-hybridized carbons (Fsp3) is 0.200. The summed E-state index contributed by atoms with van der Waals surface area (Å²) in [7, 11) is 0. The summed E-state index contributed by atoms with van der Waals surface area (Å²) in [6.45, 7) is 0. The lowest BCUT2D eigenvalue weighted by Crippen LogP contribution is -2.06. The van der Waals surface area contributed by atoms with E-state index >= 15 is 0 Å². The Bertz CT molecular complexity index is 1210. The standard InChI is InChI=1S/C25H21N3O2/c29-28(30)24-16-26-25(15-18-8-11-20-4-2-6-22(20)14-18)27-23(24)12-9-17-7-10-19-3-1-5-21(19)13-17/h1-2,4-5,7-8,10-11,13-14,16H,3,6,9,12,15H2. The second-order valence-corrected chi connectivity index (χ2v) is 7.83. The first-order valence-electron chi connectivity index (χ1n) is 10.2. The molecule has 1 aromatic heterocycles. The quantitative estimate of drug-likeness (QED) is 0.440. The third-order valence-electron chi connectivity index (χ3n) is 5.79. The van der Waals surface area contributed by atoms with E-state index in [-0.39, 0.29) is 10.6 Å². The van der Waals surface area contributed by atoms with Gasteiger partial charge in [0.2, 0.25) is 0 Å². The van der Waals surface area contributed by atoms with Crippen LogP contribution >= 0.6 is 0 Å². The Kier molecular flexibility index (Phi) is 4.71. The zero-order valence-corrected chi connectivity index (χ0v) is 16.5. The first kappa shape index (κ1) is 18.4. The molecule has 2 aromatic carbocycles. The van der Waals surface area contributed by atoms with Crippen molar-refractivity contribution in [3.63, 3.8) is 0 Å². The van der Waals surface area contributed by atoms with Gasteiger partial charge in [-0.3, -0.25) is 10.1 Å². The summed E-state index contributed by atoms with van der Waals surface area (Å²) in [6, 6.07) is 12.8. The summed E-state index contributed by atoms with van der Waals surface area (Å²) >= 11 is 0. The molecular weight excluding hydrogens is 374 g/mol. The van der Waals surface area contributed by atoms with Gasteiger partial charge in [-0.2, -0.15) is 0 Å². The fourth-order valence-corrected chi connectivity index (χ4v) is 4.19. The molecule has 148 valence electrons. The maximum absolute atomic E-state index is 11.5. The average molecular weight is 395 g/mol. The lowest BCUT2D eigenvalue weighted by molar-refractivity contribution is -0.386. The third kappa shape index (κ3) is 3.66. The van der Waals surface area contributed by atoms with Crippen molar-refractivity contribution >= 4 is 17.8 Å². The molecule has 0 bridgehead atoms. The molecule has 0 radical (unpaired) electrons. The fourth-order valence-electron chi connectivity index (χ4n) is 4.19. The van der Waals surface area contributed by atoms with Crippen molar-refractivity contribution in [2.45, 2.75) is 32.1 Å². The monoisotopic (exact) mass is 395 g/mol. The molecule has 5 heteroatoms. The van der Waals surface area contributed by atoms with E-state index in [2.05, 4.69) is 70.7 Å². The van der Waals surface area contributed by atoms with E-state index in [0.717, 1.165) is 18.4 Å². The molecule has 0 atom stereocenters. The maximum Gasteiger partial charge on any atom is 0.308 e. The second kappa shape index (κ2) is 7.67. The molecule has 0 amide bonds. The predicted octanol–water partition coefficient (Wildman–Crippen LogP) is 4.90. The number of aromatic nitrogens is 2. The largest absolute Gasteiger partial charge is 0.308 e. The van der Waals surface area contributed by atoms with Gasteiger partial charge in [0.15, 0.2) is 0 Å². The number of hydrogen-bond acceptors (Lipinski definition) is 4. The van der Waals surface area contributed by atoms with Crippen LogP contribution in [0.25, 0.3) is 12.2 Å². The van der Waals surface area contributed by atoms with Gasteiger partial charge in [-0.05, 0) is 52.6 Å². The summed E-state index contributed by atoms with van der Waals surface area (Å²) in [6.07, 6.45) is 13.7. The van der Waals surface area contributed by atoms with E-state index < -0.39 is 0 Å². The smallest absolute Gasteiger partial charge is 0.258 e. The molecule has 0 unspecified atom stereocenters. The van der Waals surface area contributed by atoms with Gasteiger partial charge in [0.1, 0.15) is 17.7 Å². The second-order valence-electron chi connectivity index (χ2n) is 7.83. The van der Waals surface area contributed by atoms with E-state index in [1.54, 1.807) is 0 Å². The van der Waals surface area contributed by atoms with Crippen LogP contribution in [0.1, 0.15) is 44.9 Å². The highest BCUT2D eigenvalue weighted by atomic mass is 16.6. The highest BCUT2D eigenvalue weighted by molar-refractivity contribution is 5.61. The van der Waals surface area contributed by atoms with Crippen molar-refractivity contribution in [3.05, 3.63) is 110 Å². The van der Waals surface area contributed by atoms with Crippen LogP contribution in [0.3, 0.4) is 0 Å². The van der Waals surface area contributed by atoms with Crippen molar-refractivity contribution in [3.8, 4) is 0 Å². The lowest BCUT2D eigenvalue weighted by atomic mass is 10.0. The maximum atomic E-state index is 11.5. The zero-order valence-electron chi connectivity index (χ0n) is 16.5. The number of nitrogens with zero attached hydrogens (tertiary/aromatic N) is 3. The molecule has 0 saturated carbocycles. The van der Waals surface area contributed by atoms with Crippen LogP contribution < -0.4 is 0 Å². The van der Waals surface area contributed by atoms with Gasteiger partial charge in [0, 0.05) is 12.8 Å². The number of fused-ring (bicyclic) bond motifs is 2. The Balaban J connectivity index is 1.36. The minimum Gasteiger partial charge on any atom is -0.258 e. The van der Waals surface area contributed by atoms with Crippen LogP contribution in [0.2, 0.25) is 0 Å². The zero-order chi connectivity index (χ0) is 20.5. The van der Waals surface area contributed by atoms with Crippen molar-refractivity contribution in [1.82, 2.24) is 9.97 Å². The first-order chi connectivity index (χ1) is 14.7. The molecule has 0 fully saturated rings. The van der Waals surface area contributed by atoms with E-state index in [1.165, 1.54) is 34.0 Å². The molecule has 5 nitrogen and oxygen atoms in total. The summed E-state index contributed by atoms with van der Waals surface area (Å²) < 4.78 is 0. The van der Waals surface area contributed by atoms with Crippen molar-refractivity contribution in [1.29, 1.82) is 0 Å². The molecule has 2 aliphatic carbocycles. The lowest BCUT2D eigenvalue weighted by Gasteiger charge is -2.08. The highest BCUT2D eigenvalue weighted by Crippen LogP contribution is 2.24. The Morgan fingerprint density at radius 1 is 0.900 bits per heavy atom. The molecule has 30 heavy (non-hydrogen) atoms. The van der Waals surface area contributed by atoms with E-state index in [0.29, 0.717) is 30.8 Å². The summed E-state index contributed by atoms with van der Waals surface area (Å²) in [5.74, 6) is 0.624. The van der Waals surface area contributed by atoms with Crippen LogP contribution in [-0.4, -0.2) is 14.9 Å². The van der Waals surface area contributed by atoms with Gasteiger partial charge in [0.25, 0.3) is 0 Å². The van der Waals surface area contributed by atoms with Gasteiger partial charge < -0.3 is 0 Å². The van der Waals surface area contributed by atoms with Gasteiger partial charge in [-0.15, -0.1) is 0 Å². The molecule has 0 spiro atoms. The van der Waals surface area contributed by atoms with Gasteiger partial charge in [0.05, 0.1) is 4.92 Å². The number of allylic oxidation sites excluding steroid dienone is 2. The number of rotatable bonds is 6. The molecule has 0 aliphatic heterocycles. The number of aryl methyl sites for hydroxylation is 2. The molecule has 5 rings (SSSR count). The SMILES string of the molecule is O=[N+]([O-])c1cnc(Cc2ccc3c(c2)CC=C3)nc1CCc1ccc2c(c1)C=CC2. The van der Waals surface area contributed by atoms with Crippen LogP contribution in [-0.2, 0) is 32.1 Å². The first-order valence-corrected chi connectivity index (χ1v) is 10.2. The Morgan fingerprint density at radius 3 is 2.57 bits per heavy atom. The van der Waals surface area contributed by atoms with Crippen molar-refractivity contribution in [2.75, 3.05) is 0 Å². The minimum atomic E-state index is -0.383. The topological polar surface area (TPSA) is 68.9 Å². The van der Waals surface area contributed by atoms with Crippen molar-refractivity contribution < 1.29 is 4.92 Å². The number of benzene rings is 2. The van der Waals surface area contributed by atoms with E-state index in [1.807, 2.05) is 0 Å². The highest BCUT2D eigenvalue weighted by Gasteiger charge is 2.18. The van der Waals surface area contributed by atoms with Crippen LogP contribution in [0.5, 0.6) is 0 Å². The third-order valence-corrected chi connectivity index (χ3v) is 5.79.